The van der Waals surface area contributed by atoms with Crippen LogP contribution in [-0.2, 0) is 4.74 Å². The van der Waals surface area contributed by atoms with E-state index in [1.807, 2.05) is 0 Å². The molecule has 7 heteroatoms. The largest absolute Gasteiger partial charge is 0.497 e. The number of H-pyrrole nitrogens is 1. The van der Waals surface area contributed by atoms with Crippen molar-refractivity contribution < 1.29 is 19.1 Å². The topological polar surface area (TPSA) is 85.5 Å². The van der Waals surface area contributed by atoms with E-state index in [1.54, 1.807) is 61.7 Å². The molecule has 0 unspecified atom stereocenters. The van der Waals surface area contributed by atoms with Gasteiger partial charge in [0.05, 0.1) is 29.0 Å². The summed E-state index contributed by atoms with van der Waals surface area (Å²) in [5.41, 5.74) is 1.40. The average Bonchev–Trinajstić information content (AvgIpc) is 3.06. The van der Waals surface area contributed by atoms with Crippen molar-refractivity contribution in [3.05, 3.63) is 84.8 Å². The van der Waals surface area contributed by atoms with Crippen molar-refractivity contribution in [2.24, 2.45) is 0 Å². The highest BCUT2D eigenvalue weighted by atomic mass is 32.1. The molecule has 0 atom stereocenters. The summed E-state index contributed by atoms with van der Waals surface area (Å²) in [6.45, 7) is 0. The van der Waals surface area contributed by atoms with Gasteiger partial charge >= 0.3 is 5.97 Å². The molecule has 0 radical (unpaired) electrons. The van der Waals surface area contributed by atoms with Crippen molar-refractivity contribution in [2.75, 3.05) is 14.2 Å². The number of nitrogens with one attached hydrogen (secondary N) is 1. The molecule has 0 aliphatic carbocycles. The zero-order valence-corrected chi connectivity index (χ0v) is 16.0. The molecule has 1 aromatic heterocycles. The lowest BCUT2D eigenvalue weighted by Gasteiger charge is -1.99. The van der Waals surface area contributed by atoms with E-state index >= 15 is 0 Å². The molecule has 1 N–H and O–H groups in total. The molecule has 2 aromatic carbocycles. The van der Waals surface area contributed by atoms with Crippen molar-refractivity contribution in [1.82, 2.24) is 4.98 Å². The molecule has 3 rings (SSSR count). The molecule has 28 heavy (non-hydrogen) atoms. The first-order valence-corrected chi connectivity index (χ1v) is 9.11. The van der Waals surface area contributed by atoms with Crippen LogP contribution in [0.15, 0.2) is 53.3 Å². The second kappa shape index (κ2) is 8.49. The fourth-order valence-corrected chi connectivity index (χ4v) is 3.35. The molecule has 0 bridgehead atoms. The smallest absolute Gasteiger partial charge is 0.337 e. The number of carbonyl (C=O) groups excluding carboxylic acids is 2. The van der Waals surface area contributed by atoms with Gasteiger partial charge in [0.25, 0.3) is 5.56 Å². The van der Waals surface area contributed by atoms with Crippen molar-refractivity contribution in [3.8, 4) is 5.75 Å². The molecule has 0 aliphatic rings. The van der Waals surface area contributed by atoms with Crippen molar-refractivity contribution in [2.45, 2.75) is 0 Å². The Morgan fingerprint density at radius 1 is 0.964 bits per heavy atom. The van der Waals surface area contributed by atoms with Gasteiger partial charge in [-0.2, -0.15) is 0 Å². The first kappa shape index (κ1) is 19.3. The summed E-state index contributed by atoms with van der Waals surface area (Å²) in [5.74, 6) is 0.0276. The third-order valence-corrected chi connectivity index (χ3v) is 4.91. The Labute approximate surface area is 164 Å². The highest BCUT2D eigenvalue weighted by molar-refractivity contribution is 7.07. The Morgan fingerprint density at radius 2 is 1.61 bits per heavy atom. The number of hydrogen-bond acceptors (Lipinski definition) is 6. The lowest BCUT2D eigenvalue weighted by atomic mass is 10.1. The zero-order valence-electron chi connectivity index (χ0n) is 15.2. The van der Waals surface area contributed by atoms with Gasteiger partial charge in [0.2, 0.25) is 0 Å². The fourth-order valence-electron chi connectivity index (χ4n) is 2.47. The van der Waals surface area contributed by atoms with E-state index in [9.17, 15) is 14.4 Å². The number of rotatable bonds is 5. The van der Waals surface area contributed by atoms with Gasteiger partial charge in [-0.15, -0.1) is 11.3 Å². The molecular weight excluding hydrogens is 378 g/mol. The minimum Gasteiger partial charge on any atom is -0.497 e. The molecule has 0 aliphatic heterocycles. The van der Waals surface area contributed by atoms with E-state index in [4.69, 9.17) is 4.74 Å². The van der Waals surface area contributed by atoms with Crippen LogP contribution in [0, 0.1) is 0 Å². The quantitative estimate of drug-likeness (QED) is 0.525. The predicted octanol–water partition coefficient (Wildman–Crippen LogP) is 1.72. The zero-order chi connectivity index (χ0) is 20.1. The lowest BCUT2D eigenvalue weighted by molar-refractivity contribution is 0.0600. The summed E-state index contributed by atoms with van der Waals surface area (Å²) in [5, 5.41) is 0. The van der Waals surface area contributed by atoms with Gasteiger partial charge in [-0.05, 0) is 48.0 Å². The van der Waals surface area contributed by atoms with Crippen LogP contribution in [0.1, 0.15) is 26.3 Å². The molecule has 6 nitrogen and oxygen atoms in total. The molecule has 1 heterocycles. The number of ketones is 1. The minimum atomic E-state index is -0.422. The molecular formula is C21H17NO5S. The second-order valence-electron chi connectivity index (χ2n) is 5.78. The molecule has 0 amide bonds. The Hall–Kier alpha value is -3.45. The summed E-state index contributed by atoms with van der Waals surface area (Å²) in [6, 6.07) is 13.4. The molecule has 0 fully saturated rings. The van der Waals surface area contributed by atoms with E-state index in [0.717, 1.165) is 5.56 Å². The Balaban J connectivity index is 1.88. The van der Waals surface area contributed by atoms with Gasteiger partial charge in [0, 0.05) is 11.6 Å². The van der Waals surface area contributed by atoms with Gasteiger partial charge < -0.3 is 14.5 Å². The van der Waals surface area contributed by atoms with Crippen LogP contribution in [0.3, 0.4) is 0 Å². The summed E-state index contributed by atoms with van der Waals surface area (Å²) < 4.78 is 10.7. The predicted molar refractivity (Wildman–Crippen MR) is 107 cm³/mol. The Morgan fingerprint density at radius 3 is 2.21 bits per heavy atom. The fraction of sp³-hybridized carbons (Fsp3) is 0.0952. The van der Waals surface area contributed by atoms with Gasteiger partial charge in [-0.25, -0.2) is 4.79 Å². The van der Waals surface area contributed by atoms with Crippen LogP contribution < -0.4 is 19.5 Å². The van der Waals surface area contributed by atoms with Gasteiger partial charge in [0.15, 0.2) is 5.78 Å². The first-order valence-electron chi connectivity index (χ1n) is 8.29. The van der Waals surface area contributed by atoms with E-state index < -0.39 is 5.97 Å². The summed E-state index contributed by atoms with van der Waals surface area (Å²) in [4.78, 5) is 38.7. The number of ether oxygens (including phenoxy) is 2. The monoisotopic (exact) mass is 395 g/mol. The number of carbonyl (C=O) groups is 2. The summed E-state index contributed by atoms with van der Waals surface area (Å²) in [6.07, 6.45) is 3.09. The van der Waals surface area contributed by atoms with Gasteiger partial charge in [0.1, 0.15) is 5.75 Å². The highest BCUT2D eigenvalue weighted by Gasteiger charge is 2.05. The maximum Gasteiger partial charge on any atom is 0.337 e. The molecule has 0 spiro atoms. The normalized spacial score (nSPS) is 12.1. The van der Waals surface area contributed by atoms with Crippen LogP contribution in [0.2, 0.25) is 0 Å². The van der Waals surface area contributed by atoms with Crippen LogP contribution in [0.5, 0.6) is 5.75 Å². The van der Waals surface area contributed by atoms with Crippen molar-refractivity contribution >= 4 is 35.2 Å². The number of esters is 1. The van der Waals surface area contributed by atoms with Gasteiger partial charge in [-0.1, -0.05) is 12.1 Å². The number of hydrogen-bond donors (Lipinski definition) is 1. The highest BCUT2D eigenvalue weighted by Crippen LogP contribution is 2.12. The number of methoxy groups -OCH3 is 2. The van der Waals surface area contributed by atoms with E-state index in [2.05, 4.69) is 9.72 Å². The molecule has 0 saturated heterocycles. The minimum absolute atomic E-state index is 0.214. The number of aromatic nitrogens is 1. The summed E-state index contributed by atoms with van der Waals surface area (Å²) in [7, 11) is 2.87. The standard InChI is InChI=1S/C21H17NO5S/c1-26-16-9-7-14(8-10-16)17(23)12-19-22-20(24)18(28-19)11-13-3-5-15(6-4-13)21(25)27-2/h3-12H,1-2H3,(H,22,24). The number of Topliss-reactive ketones (excluding diaryl/α,β-unsaturated/α-hetero) is 1. The number of aromatic amines is 1. The van der Waals surface area contributed by atoms with Gasteiger partial charge in [-0.3, -0.25) is 9.59 Å². The maximum atomic E-state index is 12.4. The first-order chi connectivity index (χ1) is 13.5. The third-order valence-electron chi connectivity index (χ3n) is 3.95. The van der Waals surface area contributed by atoms with Crippen LogP contribution in [0.4, 0.5) is 0 Å². The maximum absolute atomic E-state index is 12.4. The van der Waals surface area contributed by atoms with Crippen LogP contribution >= 0.6 is 11.3 Å². The van der Waals surface area contributed by atoms with Crippen LogP contribution in [-0.4, -0.2) is 31.0 Å². The average molecular weight is 395 g/mol. The number of benzene rings is 2. The molecule has 3 aromatic rings. The van der Waals surface area contributed by atoms with Crippen LogP contribution in [0.25, 0.3) is 12.2 Å². The molecule has 0 saturated carbocycles. The Bertz CT molecular complexity index is 1170. The Kier molecular flexibility index (Phi) is 5.86. The SMILES string of the molecule is COC(=O)c1ccc(C=c2sc(=CC(=O)c3ccc(OC)cc3)[nH]c2=O)cc1. The third kappa shape index (κ3) is 4.44. The summed E-state index contributed by atoms with van der Waals surface area (Å²) >= 11 is 1.18. The number of thiazole rings is 1. The second-order valence-corrected chi connectivity index (χ2v) is 6.86. The van der Waals surface area contributed by atoms with E-state index in [0.29, 0.717) is 26.1 Å². The van der Waals surface area contributed by atoms with Crippen molar-refractivity contribution in [1.29, 1.82) is 0 Å². The molecule has 142 valence electrons. The van der Waals surface area contributed by atoms with E-state index in [1.165, 1.54) is 24.5 Å². The van der Waals surface area contributed by atoms with Crippen molar-refractivity contribution in [3.63, 3.8) is 0 Å². The lowest BCUT2D eigenvalue weighted by Crippen LogP contribution is -2.20. The van der Waals surface area contributed by atoms with E-state index in [-0.39, 0.29) is 11.3 Å².